The molecule has 1 aromatic heterocycles. The van der Waals surface area contributed by atoms with Gasteiger partial charge in [0, 0.05) is 10.8 Å². The van der Waals surface area contributed by atoms with Crippen LogP contribution < -0.4 is 43.7 Å². The molecule has 234 valence electrons. The average Bonchev–Trinajstić information content (AvgIpc) is 3.61. The lowest BCUT2D eigenvalue weighted by atomic mass is 9.59. The van der Waals surface area contributed by atoms with Crippen molar-refractivity contribution in [2.24, 2.45) is 0 Å². The lowest BCUT2D eigenvalue weighted by Gasteiger charge is -2.28. The molecule has 10 aromatic rings. The smallest absolute Gasteiger partial charge is 0.136 e. The van der Waals surface area contributed by atoms with Crippen molar-refractivity contribution in [3.05, 3.63) is 121 Å². The molecule has 9 aromatic carbocycles. The minimum atomic E-state index is 0.162. The predicted molar refractivity (Wildman–Crippen MR) is 243 cm³/mol. The van der Waals surface area contributed by atoms with Gasteiger partial charge in [0.2, 0.25) is 0 Å². The van der Waals surface area contributed by atoms with E-state index in [1.165, 1.54) is 16.2 Å². The third kappa shape index (κ3) is 4.78. The monoisotopic (exact) mass is 676 g/mol. The van der Waals surface area contributed by atoms with Gasteiger partial charge < -0.3 is 4.42 Å². The van der Waals surface area contributed by atoms with Gasteiger partial charge in [0.15, 0.2) is 0 Å². The zero-order chi connectivity index (χ0) is 37.9. The number of benzene rings is 9. The van der Waals surface area contributed by atoms with Gasteiger partial charge in [-0.05, 0) is 88.6 Å². The maximum Gasteiger partial charge on any atom is 0.136 e. The van der Waals surface area contributed by atoms with Crippen molar-refractivity contribution < 1.29 is 4.42 Å². The summed E-state index contributed by atoms with van der Waals surface area (Å²) < 4.78 is 6.32. The molecule has 16 radical (unpaired) electrons. The Bertz CT molecular complexity index is 3210. The van der Waals surface area contributed by atoms with Crippen molar-refractivity contribution in [3.63, 3.8) is 0 Å². The molecule has 0 spiro atoms. The quantitative estimate of drug-likeness (QED) is 0.159. The molecule has 0 aliphatic heterocycles. The SMILES string of the molecule is [B]c1c([B])c([B])c2c(-c3cccc4oc5ccccc5c34)c3c([B])c([B])c([B])c([B])c3c(-c3ccc(-c4cccc5c4ccc4ccccc45)cc3)c2c1[B]. The second-order valence-electron chi connectivity index (χ2n) is 14.1. The highest BCUT2D eigenvalue weighted by atomic mass is 16.3. The molecule has 0 bridgehead atoms. The van der Waals surface area contributed by atoms with Crippen LogP contribution in [0.5, 0.6) is 0 Å². The Morgan fingerprint density at radius 2 is 0.782 bits per heavy atom. The predicted octanol–water partition coefficient (Wildman–Crippen LogP) is 3.55. The third-order valence-corrected chi connectivity index (χ3v) is 11.3. The molecule has 0 N–H and O–H groups in total. The van der Waals surface area contributed by atoms with Crippen LogP contribution in [0.2, 0.25) is 0 Å². The van der Waals surface area contributed by atoms with E-state index in [2.05, 4.69) is 66.7 Å². The van der Waals surface area contributed by atoms with Gasteiger partial charge in [-0.2, -0.15) is 0 Å². The van der Waals surface area contributed by atoms with E-state index in [-0.39, 0.29) is 43.7 Å². The van der Waals surface area contributed by atoms with E-state index in [1.807, 2.05) is 54.6 Å². The first-order valence-corrected chi connectivity index (χ1v) is 17.8. The van der Waals surface area contributed by atoms with Crippen LogP contribution in [-0.2, 0) is 0 Å². The first kappa shape index (κ1) is 33.9. The van der Waals surface area contributed by atoms with Crippen LogP contribution in [0, 0.1) is 0 Å². The summed E-state index contributed by atoms with van der Waals surface area (Å²) in [6.45, 7) is 0. The van der Waals surface area contributed by atoms with Crippen LogP contribution in [-0.4, -0.2) is 62.8 Å². The molecule has 0 fully saturated rings. The maximum absolute atomic E-state index is 7.03. The number of para-hydroxylation sites is 1. The normalized spacial score (nSPS) is 11.9. The molecule has 9 heteroatoms. The largest absolute Gasteiger partial charge is 0.456 e. The van der Waals surface area contributed by atoms with E-state index in [4.69, 9.17) is 67.2 Å². The summed E-state index contributed by atoms with van der Waals surface area (Å²) in [4.78, 5) is 0. The summed E-state index contributed by atoms with van der Waals surface area (Å²) in [5.74, 6) is 0. The summed E-state index contributed by atoms with van der Waals surface area (Å²) in [6.07, 6.45) is 0. The second kappa shape index (κ2) is 12.4. The molecule has 55 heavy (non-hydrogen) atoms. The van der Waals surface area contributed by atoms with Gasteiger partial charge >= 0.3 is 0 Å². The number of fused-ring (bicyclic) bond motifs is 8. The van der Waals surface area contributed by atoms with E-state index >= 15 is 0 Å². The van der Waals surface area contributed by atoms with Crippen molar-refractivity contribution in [1.29, 1.82) is 0 Å². The van der Waals surface area contributed by atoms with Crippen molar-refractivity contribution in [2.45, 2.75) is 0 Å². The van der Waals surface area contributed by atoms with Crippen LogP contribution in [0.1, 0.15) is 0 Å². The average molecular weight is 675 g/mol. The van der Waals surface area contributed by atoms with E-state index in [9.17, 15) is 0 Å². The highest BCUT2D eigenvalue weighted by molar-refractivity contribution is 6.71. The van der Waals surface area contributed by atoms with Crippen LogP contribution >= 0.6 is 0 Å². The van der Waals surface area contributed by atoms with Crippen molar-refractivity contribution >= 4 is 172 Å². The number of furan rings is 1. The van der Waals surface area contributed by atoms with Crippen LogP contribution in [0.25, 0.3) is 98.4 Å². The van der Waals surface area contributed by atoms with E-state index in [0.717, 1.165) is 44.0 Å². The molecular weight excluding hydrogens is 655 g/mol. The van der Waals surface area contributed by atoms with Crippen molar-refractivity contribution in [1.82, 2.24) is 0 Å². The van der Waals surface area contributed by atoms with Gasteiger partial charge in [0.1, 0.15) is 73.9 Å². The summed E-state index contributed by atoms with van der Waals surface area (Å²) in [7, 11) is 54.7. The van der Waals surface area contributed by atoms with E-state index in [0.29, 0.717) is 38.3 Å². The number of hydrogen-bond donors (Lipinski definition) is 0. The Kier molecular flexibility index (Phi) is 7.66. The molecule has 1 heterocycles. The second-order valence-corrected chi connectivity index (χ2v) is 14.1. The van der Waals surface area contributed by atoms with Crippen molar-refractivity contribution in [2.75, 3.05) is 0 Å². The number of hydrogen-bond acceptors (Lipinski definition) is 1. The topological polar surface area (TPSA) is 13.1 Å². The Morgan fingerprint density at radius 3 is 1.44 bits per heavy atom. The van der Waals surface area contributed by atoms with Gasteiger partial charge in [-0.15, -0.1) is 21.9 Å². The first-order valence-electron chi connectivity index (χ1n) is 17.8. The molecular formula is C46H20B8O. The summed E-state index contributed by atoms with van der Waals surface area (Å²) >= 11 is 0. The van der Waals surface area contributed by atoms with Gasteiger partial charge in [-0.1, -0.05) is 131 Å². The molecule has 0 aliphatic rings. The lowest BCUT2D eigenvalue weighted by molar-refractivity contribution is 0.669. The molecule has 0 unspecified atom stereocenters. The van der Waals surface area contributed by atoms with Crippen LogP contribution in [0.4, 0.5) is 0 Å². The first-order chi connectivity index (χ1) is 26.7. The Morgan fingerprint density at radius 1 is 0.291 bits per heavy atom. The standard InChI is InChI=1S/C46H20B8O/c47-39-35-32(23-17-15-22(16-18-23)25-10-5-11-26-24-8-2-1-7-21(24)19-20-27(25)26)36-38(42(50)46(54)44(52)40(36)48)34(37(35)41(49)45(53)43(39)51)29-12-6-14-31-33(29)28-9-3-4-13-30(28)55-31/h1-20H. The minimum Gasteiger partial charge on any atom is -0.456 e. The highest BCUT2D eigenvalue weighted by Gasteiger charge is 2.26. The fourth-order valence-corrected chi connectivity index (χ4v) is 8.60. The van der Waals surface area contributed by atoms with E-state index in [1.54, 1.807) is 0 Å². The van der Waals surface area contributed by atoms with Gasteiger partial charge in [-0.25, -0.2) is 0 Å². The fraction of sp³-hybridized carbons (Fsp3) is 0. The molecule has 0 amide bonds. The highest BCUT2D eigenvalue weighted by Crippen LogP contribution is 2.45. The summed E-state index contributed by atoms with van der Waals surface area (Å²) in [5, 5.41) is 8.72. The minimum absolute atomic E-state index is 0.162. The Hall–Kier alpha value is -5.66. The summed E-state index contributed by atoms with van der Waals surface area (Å²) in [6, 6.07) is 41.1. The third-order valence-electron chi connectivity index (χ3n) is 11.3. The molecule has 0 saturated carbocycles. The number of rotatable bonds is 3. The zero-order valence-electron chi connectivity index (χ0n) is 29.6. The van der Waals surface area contributed by atoms with Gasteiger partial charge in [0.25, 0.3) is 0 Å². The van der Waals surface area contributed by atoms with Crippen LogP contribution in [0.3, 0.4) is 0 Å². The van der Waals surface area contributed by atoms with E-state index < -0.39 is 0 Å². The van der Waals surface area contributed by atoms with Crippen LogP contribution in [0.15, 0.2) is 126 Å². The molecule has 0 atom stereocenters. The van der Waals surface area contributed by atoms with Crippen molar-refractivity contribution in [3.8, 4) is 33.4 Å². The Labute approximate surface area is 329 Å². The molecule has 10 rings (SSSR count). The lowest BCUT2D eigenvalue weighted by Crippen LogP contribution is -2.50. The molecule has 1 nitrogen and oxygen atoms in total. The zero-order valence-corrected chi connectivity index (χ0v) is 29.6. The molecule has 0 aliphatic carbocycles. The molecule has 0 saturated heterocycles. The Balaban J connectivity index is 1.34. The summed E-state index contributed by atoms with van der Waals surface area (Å²) in [5.41, 5.74) is 8.02. The maximum atomic E-state index is 7.03. The van der Waals surface area contributed by atoms with Gasteiger partial charge in [0.05, 0.1) is 0 Å². The van der Waals surface area contributed by atoms with Gasteiger partial charge in [-0.3, -0.25) is 0 Å². The fourth-order valence-electron chi connectivity index (χ4n) is 8.60.